The molecular formula is C12H13NO2. The number of rotatable bonds is 5. The van der Waals surface area contributed by atoms with Crippen LogP contribution in [0, 0.1) is 6.92 Å². The fourth-order valence-electron chi connectivity index (χ4n) is 1.11. The zero-order chi connectivity index (χ0) is 11.3. The maximum atomic E-state index is 10.3. The van der Waals surface area contributed by atoms with Crippen molar-refractivity contribution in [3.05, 3.63) is 35.9 Å². The van der Waals surface area contributed by atoms with E-state index >= 15 is 0 Å². The number of hydrogen-bond donors (Lipinski definition) is 0. The van der Waals surface area contributed by atoms with Gasteiger partial charge in [-0.2, -0.15) is 0 Å². The summed E-state index contributed by atoms with van der Waals surface area (Å²) in [5.41, 5.74) is 2.23. The number of carbonyl (C=O) groups is 1. The van der Waals surface area contributed by atoms with Crippen LogP contribution in [0.1, 0.15) is 5.56 Å². The molecule has 0 unspecified atom stereocenters. The van der Waals surface area contributed by atoms with Gasteiger partial charge < -0.3 is 4.74 Å². The minimum absolute atomic E-state index is 0.212. The molecule has 0 fully saturated rings. The van der Waals surface area contributed by atoms with Crippen LogP contribution in [-0.2, 0) is 4.79 Å². The number of aryl methyl sites for hydroxylation is 1. The monoisotopic (exact) mass is 203 g/mol. The molecule has 0 aliphatic rings. The third kappa shape index (κ3) is 3.06. The van der Waals surface area contributed by atoms with E-state index in [1.807, 2.05) is 19.1 Å². The van der Waals surface area contributed by atoms with Crippen molar-refractivity contribution in [1.82, 2.24) is 0 Å². The Hall–Kier alpha value is -1.90. The van der Waals surface area contributed by atoms with E-state index < -0.39 is 0 Å². The molecule has 1 rings (SSSR count). The van der Waals surface area contributed by atoms with Crippen LogP contribution in [0.15, 0.2) is 35.3 Å². The van der Waals surface area contributed by atoms with Crippen LogP contribution in [0.25, 0.3) is 0 Å². The van der Waals surface area contributed by atoms with Crippen LogP contribution >= 0.6 is 0 Å². The summed E-state index contributed by atoms with van der Waals surface area (Å²) in [6, 6.07) is 5.46. The van der Waals surface area contributed by atoms with E-state index in [0.717, 1.165) is 11.3 Å². The van der Waals surface area contributed by atoms with Crippen LogP contribution in [0.2, 0.25) is 0 Å². The predicted octanol–water partition coefficient (Wildman–Crippen LogP) is 2.46. The highest BCUT2D eigenvalue weighted by atomic mass is 16.5. The van der Waals surface area contributed by atoms with Crippen molar-refractivity contribution in [2.45, 2.75) is 6.92 Å². The molecule has 3 nitrogen and oxygen atoms in total. The van der Waals surface area contributed by atoms with Gasteiger partial charge in [-0.1, -0.05) is 6.58 Å². The first-order valence-corrected chi connectivity index (χ1v) is 4.50. The zero-order valence-corrected chi connectivity index (χ0v) is 8.69. The van der Waals surface area contributed by atoms with E-state index in [-0.39, 0.29) is 6.61 Å². The second-order valence-electron chi connectivity index (χ2n) is 3.17. The van der Waals surface area contributed by atoms with Gasteiger partial charge in [-0.3, -0.25) is 9.79 Å². The Morgan fingerprint density at radius 3 is 2.87 bits per heavy atom. The van der Waals surface area contributed by atoms with Crippen molar-refractivity contribution in [3.8, 4) is 5.75 Å². The van der Waals surface area contributed by atoms with E-state index in [4.69, 9.17) is 4.74 Å². The summed E-state index contributed by atoms with van der Waals surface area (Å²) >= 11 is 0. The number of carbonyl (C=O) groups excluding carboxylic acids is 1. The van der Waals surface area contributed by atoms with Gasteiger partial charge in [0, 0.05) is 5.57 Å². The molecule has 78 valence electrons. The van der Waals surface area contributed by atoms with Gasteiger partial charge in [0.25, 0.3) is 0 Å². The number of hydrogen-bond acceptors (Lipinski definition) is 3. The lowest BCUT2D eigenvalue weighted by molar-refractivity contribution is -0.105. The molecule has 0 amide bonds. The third-order valence-electron chi connectivity index (χ3n) is 1.93. The molecule has 0 aliphatic heterocycles. The van der Waals surface area contributed by atoms with Crippen molar-refractivity contribution in [3.63, 3.8) is 0 Å². The summed E-state index contributed by atoms with van der Waals surface area (Å²) in [6.45, 7) is 9.11. The molecule has 3 heteroatoms. The summed E-state index contributed by atoms with van der Waals surface area (Å²) in [5, 5.41) is 0. The van der Waals surface area contributed by atoms with Gasteiger partial charge in [-0.05, 0) is 37.4 Å². The minimum Gasteiger partial charge on any atom is -0.489 e. The summed E-state index contributed by atoms with van der Waals surface area (Å²) in [6.07, 6.45) is 0.687. The fraction of sp³-hybridized carbons (Fsp3) is 0.167. The van der Waals surface area contributed by atoms with E-state index in [9.17, 15) is 4.79 Å². The molecule has 0 radical (unpaired) electrons. The van der Waals surface area contributed by atoms with Crippen LogP contribution in [-0.4, -0.2) is 19.6 Å². The molecule has 1 aromatic carbocycles. The van der Waals surface area contributed by atoms with Gasteiger partial charge in [0.2, 0.25) is 0 Å². The molecule has 0 atom stereocenters. The maximum absolute atomic E-state index is 10.3. The van der Waals surface area contributed by atoms with Crippen LogP contribution in [0.4, 0.5) is 5.69 Å². The molecule has 0 heterocycles. The predicted molar refractivity (Wildman–Crippen MR) is 61.1 cm³/mol. The van der Waals surface area contributed by atoms with E-state index in [2.05, 4.69) is 18.3 Å². The number of aldehydes is 1. The van der Waals surface area contributed by atoms with Gasteiger partial charge >= 0.3 is 0 Å². The van der Waals surface area contributed by atoms with Crippen molar-refractivity contribution >= 4 is 18.7 Å². The Morgan fingerprint density at radius 2 is 2.33 bits per heavy atom. The number of ether oxygens (including phenoxy) is 1. The number of aliphatic imine (C=N–C) groups is 1. The first-order chi connectivity index (χ1) is 7.17. The van der Waals surface area contributed by atoms with Crippen molar-refractivity contribution in [2.75, 3.05) is 6.61 Å². The standard InChI is InChI=1S/C12H13NO2/c1-9(7-14)8-15-11-4-5-12(13-3)10(2)6-11/h4-7H,1,3,8H2,2H3. The second kappa shape index (κ2) is 5.10. The zero-order valence-electron chi connectivity index (χ0n) is 8.69. The second-order valence-corrected chi connectivity index (χ2v) is 3.17. The average molecular weight is 203 g/mol. The lowest BCUT2D eigenvalue weighted by Crippen LogP contribution is -2.00. The van der Waals surface area contributed by atoms with Crippen LogP contribution < -0.4 is 4.74 Å². The molecule has 0 N–H and O–H groups in total. The normalized spacial score (nSPS) is 9.40. The lowest BCUT2D eigenvalue weighted by Gasteiger charge is -2.07. The Bertz CT molecular complexity index is 397. The van der Waals surface area contributed by atoms with Gasteiger partial charge in [0.05, 0.1) is 5.69 Å². The van der Waals surface area contributed by atoms with E-state index in [1.165, 1.54) is 0 Å². The highest BCUT2D eigenvalue weighted by molar-refractivity contribution is 5.72. The number of benzene rings is 1. The van der Waals surface area contributed by atoms with Gasteiger partial charge in [0.15, 0.2) is 0 Å². The molecule has 0 aromatic heterocycles. The topological polar surface area (TPSA) is 38.7 Å². The van der Waals surface area contributed by atoms with Crippen molar-refractivity contribution in [2.24, 2.45) is 4.99 Å². The van der Waals surface area contributed by atoms with Gasteiger partial charge in [-0.15, -0.1) is 0 Å². The molecule has 0 aliphatic carbocycles. The Kier molecular flexibility index (Phi) is 3.80. The average Bonchev–Trinajstić information content (AvgIpc) is 2.26. The first-order valence-electron chi connectivity index (χ1n) is 4.50. The van der Waals surface area contributed by atoms with Gasteiger partial charge in [-0.25, -0.2) is 0 Å². The highest BCUT2D eigenvalue weighted by Crippen LogP contribution is 2.23. The van der Waals surface area contributed by atoms with Crippen LogP contribution in [0.5, 0.6) is 5.75 Å². The summed E-state index contributed by atoms with van der Waals surface area (Å²) in [5.74, 6) is 0.697. The molecule has 0 spiro atoms. The first kappa shape index (κ1) is 11.2. The van der Waals surface area contributed by atoms with Crippen molar-refractivity contribution < 1.29 is 9.53 Å². The molecule has 0 saturated heterocycles. The molecule has 1 aromatic rings. The van der Waals surface area contributed by atoms with Crippen LogP contribution in [0.3, 0.4) is 0 Å². The smallest absolute Gasteiger partial charge is 0.148 e. The summed E-state index contributed by atoms with van der Waals surface area (Å²) in [4.78, 5) is 14.1. The summed E-state index contributed by atoms with van der Waals surface area (Å²) in [7, 11) is 0. The Labute approximate surface area is 89.1 Å². The Morgan fingerprint density at radius 1 is 1.60 bits per heavy atom. The third-order valence-corrected chi connectivity index (χ3v) is 1.93. The SMILES string of the molecule is C=Nc1ccc(OCC(=C)C=O)cc1C. The Balaban J connectivity index is 2.71. The maximum Gasteiger partial charge on any atom is 0.148 e. The van der Waals surface area contributed by atoms with E-state index in [0.29, 0.717) is 17.6 Å². The lowest BCUT2D eigenvalue weighted by atomic mass is 10.2. The summed E-state index contributed by atoms with van der Waals surface area (Å²) < 4.78 is 5.35. The fourth-order valence-corrected chi connectivity index (χ4v) is 1.11. The van der Waals surface area contributed by atoms with Crippen molar-refractivity contribution in [1.29, 1.82) is 0 Å². The quantitative estimate of drug-likeness (QED) is 0.419. The molecule has 15 heavy (non-hydrogen) atoms. The largest absolute Gasteiger partial charge is 0.489 e. The van der Waals surface area contributed by atoms with Gasteiger partial charge in [0.1, 0.15) is 18.6 Å². The molecule has 0 bridgehead atoms. The van der Waals surface area contributed by atoms with E-state index in [1.54, 1.807) is 6.07 Å². The molecular weight excluding hydrogens is 190 g/mol. The molecule has 0 saturated carbocycles. The minimum atomic E-state index is 0.212. The number of nitrogens with zero attached hydrogens (tertiary/aromatic N) is 1. The highest BCUT2D eigenvalue weighted by Gasteiger charge is 1.99.